The molecule has 18 heavy (non-hydrogen) atoms. The van der Waals surface area contributed by atoms with Gasteiger partial charge in [-0.25, -0.2) is 15.0 Å². The molecule has 0 saturated carbocycles. The lowest BCUT2D eigenvalue weighted by Gasteiger charge is -2.02. The summed E-state index contributed by atoms with van der Waals surface area (Å²) in [6, 6.07) is 7.08. The van der Waals surface area contributed by atoms with Gasteiger partial charge in [-0.2, -0.15) is 0 Å². The van der Waals surface area contributed by atoms with E-state index in [1.165, 1.54) is 6.33 Å². The minimum Gasteiger partial charge on any atom is -0.305 e. The highest BCUT2D eigenvalue weighted by molar-refractivity contribution is 9.10. The number of rotatable bonds is 1. The molecule has 1 aromatic carbocycles. The zero-order valence-electron chi connectivity index (χ0n) is 9.09. The van der Waals surface area contributed by atoms with Gasteiger partial charge in [-0.15, -0.1) is 0 Å². The van der Waals surface area contributed by atoms with Crippen LogP contribution in [0.1, 0.15) is 0 Å². The summed E-state index contributed by atoms with van der Waals surface area (Å²) < 4.78 is 0.845. The van der Waals surface area contributed by atoms with Crippen LogP contribution < -0.4 is 5.56 Å². The number of hydrogen-bond acceptors (Lipinski definition) is 4. The minimum atomic E-state index is -0.185. The van der Waals surface area contributed by atoms with Crippen molar-refractivity contribution in [3.8, 4) is 11.5 Å². The molecule has 3 rings (SSSR count). The van der Waals surface area contributed by atoms with Crippen LogP contribution in [0.3, 0.4) is 0 Å². The number of fused-ring (bicyclic) bond motifs is 1. The topological polar surface area (TPSA) is 71.5 Å². The van der Waals surface area contributed by atoms with Crippen LogP contribution in [-0.4, -0.2) is 19.9 Å². The maximum absolute atomic E-state index is 12.0. The lowest BCUT2D eigenvalue weighted by atomic mass is 10.2. The van der Waals surface area contributed by atoms with Gasteiger partial charge < -0.3 is 4.98 Å². The second-order valence-electron chi connectivity index (χ2n) is 3.67. The number of nitrogens with one attached hydrogen (secondary N) is 1. The Labute approximate surface area is 110 Å². The normalized spacial score (nSPS) is 10.7. The molecule has 3 aromatic rings. The molecule has 0 aliphatic heterocycles. The van der Waals surface area contributed by atoms with Crippen LogP contribution in [0, 0.1) is 0 Å². The van der Waals surface area contributed by atoms with Crippen LogP contribution in [-0.2, 0) is 0 Å². The van der Waals surface area contributed by atoms with E-state index in [-0.39, 0.29) is 5.56 Å². The highest BCUT2D eigenvalue weighted by Gasteiger charge is 2.06. The molecule has 0 amide bonds. The van der Waals surface area contributed by atoms with Gasteiger partial charge in [-0.05, 0) is 24.3 Å². The first-order chi connectivity index (χ1) is 8.74. The summed E-state index contributed by atoms with van der Waals surface area (Å²) in [4.78, 5) is 27.0. The van der Waals surface area contributed by atoms with Crippen LogP contribution in [0.2, 0.25) is 0 Å². The Morgan fingerprint density at radius 2 is 2.11 bits per heavy atom. The highest BCUT2D eigenvalue weighted by Crippen LogP contribution is 2.17. The van der Waals surface area contributed by atoms with Gasteiger partial charge in [0.2, 0.25) is 0 Å². The van der Waals surface area contributed by atoms with E-state index in [1.807, 2.05) is 6.07 Å². The third-order valence-electron chi connectivity index (χ3n) is 2.49. The predicted molar refractivity (Wildman–Crippen MR) is 71.1 cm³/mol. The quantitative estimate of drug-likeness (QED) is 0.747. The van der Waals surface area contributed by atoms with Crippen molar-refractivity contribution < 1.29 is 0 Å². The predicted octanol–water partition coefficient (Wildman–Crippen LogP) is 2.14. The number of aromatic amines is 1. The first-order valence-electron chi connectivity index (χ1n) is 5.20. The Hall–Kier alpha value is -2.08. The van der Waals surface area contributed by atoms with Crippen LogP contribution in [0.25, 0.3) is 22.4 Å². The molecule has 0 spiro atoms. The van der Waals surface area contributed by atoms with Crippen LogP contribution in [0.5, 0.6) is 0 Å². The molecule has 0 bridgehead atoms. The zero-order valence-corrected chi connectivity index (χ0v) is 10.7. The van der Waals surface area contributed by atoms with Crippen molar-refractivity contribution >= 4 is 26.8 Å². The zero-order chi connectivity index (χ0) is 12.5. The van der Waals surface area contributed by atoms with Crippen molar-refractivity contribution in [3.05, 3.63) is 51.6 Å². The van der Waals surface area contributed by atoms with Gasteiger partial charge in [0.05, 0.1) is 10.9 Å². The van der Waals surface area contributed by atoms with Crippen molar-refractivity contribution in [2.45, 2.75) is 0 Å². The second-order valence-corrected chi connectivity index (χ2v) is 4.59. The summed E-state index contributed by atoms with van der Waals surface area (Å²) in [5.41, 5.74) is 1.04. The van der Waals surface area contributed by atoms with E-state index < -0.39 is 0 Å². The molecule has 0 radical (unpaired) electrons. The molecule has 2 aromatic heterocycles. The Balaban J connectivity index is 2.29. The summed E-state index contributed by atoms with van der Waals surface area (Å²) in [5.74, 6) is 0.442. The van der Waals surface area contributed by atoms with Crippen LogP contribution in [0.4, 0.5) is 0 Å². The van der Waals surface area contributed by atoms with E-state index in [0.29, 0.717) is 22.4 Å². The minimum absolute atomic E-state index is 0.185. The third-order valence-corrected chi connectivity index (χ3v) is 2.99. The number of H-pyrrole nitrogens is 1. The lowest BCUT2D eigenvalue weighted by Crippen LogP contribution is -2.10. The second kappa shape index (κ2) is 4.30. The summed E-state index contributed by atoms with van der Waals surface area (Å²) in [6.07, 6.45) is 3.02. The monoisotopic (exact) mass is 302 g/mol. The smallest absolute Gasteiger partial charge is 0.259 e. The molecule has 6 heteroatoms. The summed E-state index contributed by atoms with van der Waals surface area (Å²) in [7, 11) is 0. The fourth-order valence-corrected chi connectivity index (χ4v) is 2.02. The van der Waals surface area contributed by atoms with Gasteiger partial charge >= 0.3 is 0 Å². The van der Waals surface area contributed by atoms with Crippen molar-refractivity contribution in [2.24, 2.45) is 0 Å². The summed E-state index contributed by atoms with van der Waals surface area (Å²) >= 11 is 3.33. The first kappa shape index (κ1) is 11.0. The number of halogens is 1. The van der Waals surface area contributed by atoms with Crippen molar-refractivity contribution in [1.29, 1.82) is 0 Å². The standard InChI is InChI=1S/C12H7BrN4O/c13-7-1-2-9-8(5-7)12(18)17-11(16-9)10-3-4-14-6-15-10/h1-6H,(H,16,17,18). The lowest BCUT2D eigenvalue weighted by molar-refractivity contribution is 1.10. The van der Waals surface area contributed by atoms with Gasteiger partial charge in [-0.3, -0.25) is 4.79 Å². The van der Waals surface area contributed by atoms with E-state index >= 15 is 0 Å². The Kier molecular flexibility index (Phi) is 2.64. The van der Waals surface area contributed by atoms with Gasteiger partial charge in [0.25, 0.3) is 5.56 Å². The first-order valence-corrected chi connectivity index (χ1v) is 5.99. The molecular weight excluding hydrogens is 296 g/mol. The average Bonchev–Trinajstić information content (AvgIpc) is 2.40. The van der Waals surface area contributed by atoms with E-state index in [0.717, 1.165) is 4.47 Å². The van der Waals surface area contributed by atoms with Gasteiger partial charge in [0, 0.05) is 10.7 Å². The van der Waals surface area contributed by atoms with Crippen LogP contribution in [0.15, 0.2) is 46.1 Å². The van der Waals surface area contributed by atoms with Crippen molar-refractivity contribution in [1.82, 2.24) is 19.9 Å². The molecule has 0 atom stereocenters. The SMILES string of the molecule is O=c1[nH]c(-c2ccncn2)nc2ccc(Br)cc12. The molecule has 0 unspecified atom stereocenters. The van der Waals surface area contributed by atoms with Crippen LogP contribution >= 0.6 is 15.9 Å². The number of hydrogen-bond donors (Lipinski definition) is 1. The van der Waals surface area contributed by atoms with E-state index in [4.69, 9.17) is 0 Å². The fraction of sp³-hybridized carbons (Fsp3) is 0. The van der Waals surface area contributed by atoms with E-state index in [9.17, 15) is 4.79 Å². The highest BCUT2D eigenvalue weighted by atomic mass is 79.9. The molecule has 0 saturated heterocycles. The molecule has 2 heterocycles. The van der Waals surface area contributed by atoms with Gasteiger partial charge in [0.1, 0.15) is 12.0 Å². The Morgan fingerprint density at radius 1 is 1.22 bits per heavy atom. The molecular formula is C12H7BrN4O. The molecule has 0 aliphatic rings. The largest absolute Gasteiger partial charge is 0.305 e. The number of nitrogens with zero attached hydrogens (tertiary/aromatic N) is 3. The Bertz CT molecular complexity index is 770. The van der Waals surface area contributed by atoms with Gasteiger partial charge in [-0.1, -0.05) is 15.9 Å². The molecule has 0 aliphatic carbocycles. The number of benzene rings is 1. The average molecular weight is 303 g/mol. The molecule has 88 valence electrons. The Morgan fingerprint density at radius 3 is 2.89 bits per heavy atom. The number of aromatic nitrogens is 4. The third kappa shape index (κ3) is 1.91. The fourth-order valence-electron chi connectivity index (χ4n) is 1.66. The summed E-state index contributed by atoms with van der Waals surface area (Å²) in [5, 5.41) is 0.544. The van der Waals surface area contributed by atoms with Crippen molar-refractivity contribution in [2.75, 3.05) is 0 Å². The maximum Gasteiger partial charge on any atom is 0.259 e. The maximum atomic E-state index is 12.0. The molecule has 5 nitrogen and oxygen atoms in total. The van der Waals surface area contributed by atoms with E-state index in [1.54, 1.807) is 24.4 Å². The molecule has 1 N–H and O–H groups in total. The van der Waals surface area contributed by atoms with Crippen molar-refractivity contribution in [3.63, 3.8) is 0 Å². The molecule has 0 fully saturated rings. The van der Waals surface area contributed by atoms with E-state index in [2.05, 4.69) is 35.9 Å². The van der Waals surface area contributed by atoms with Gasteiger partial charge in [0.15, 0.2) is 5.82 Å². The summed E-state index contributed by atoms with van der Waals surface area (Å²) in [6.45, 7) is 0.